The van der Waals surface area contributed by atoms with Crippen LogP contribution in [0.4, 0.5) is 13.2 Å². The van der Waals surface area contributed by atoms with Gasteiger partial charge in [0.1, 0.15) is 6.10 Å². The number of fused-ring (bicyclic) bond motifs is 1. The van der Waals surface area contributed by atoms with E-state index in [-0.39, 0.29) is 24.2 Å². The zero-order valence-corrected chi connectivity index (χ0v) is 17.3. The van der Waals surface area contributed by atoms with E-state index in [4.69, 9.17) is 14.6 Å². The SMILES string of the molecule is Cc1ncsc1CN1CC[C@H]2C[C@@H](C(=O)NC(C)C)O[C@H]2C1.O=C(O)C(F)(F)F. The summed E-state index contributed by atoms with van der Waals surface area (Å²) < 4.78 is 37.8. The number of hydrogen-bond donors (Lipinski definition) is 2. The molecular weight excluding hydrogens is 411 g/mol. The summed E-state index contributed by atoms with van der Waals surface area (Å²) in [6.45, 7) is 8.99. The van der Waals surface area contributed by atoms with Gasteiger partial charge in [0.25, 0.3) is 0 Å². The quantitative estimate of drug-likeness (QED) is 0.753. The summed E-state index contributed by atoms with van der Waals surface area (Å²) in [5.74, 6) is -2.18. The summed E-state index contributed by atoms with van der Waals surface area (Å²) in [6, 6.07) is 0.171. The molecule has 2 N–H and O–H groups in total. The highest BCUT2D eigenvalue weighted by Crippen LogP contribution is 2.34. The molecule has 29 heavy (non-hydrogen) atoms. The van der Waals surface area contributed by atoms with Crippen molar-refractivity contribution in [2.75, 3.05) is 13.1 Å². The van der Waals surface area contributed by atoms with Crippen LogP contribution in [-0.4, -0.2) is 64.4 Å². The van der Waals surface area contributed by atoms with Gasteiger partial charge in [0.15, 0.2) is 0 Å². The first kappa shape index (κ1) is 23.6. The second-order valence-corrected chi connectivity index (χ2v) is 8.45. The van der Waals surface area contributed by atoms with Crippen molar-refractivity contribution >= 4 is 23.2 Å². The Morgan fingerprint density at radius 3 is 2.62 bits per heavy atom. The third kappa shape index (κ3) is 6.93. The third-order valence-corrected chi connectivity index (χ3v) is 5.73. The number of ether oxygens (including phenoxy) is 1. The molecule has 2 saturated heterocycles. The average Bonchev–Trinajstić information content (AvgIpc) is 3.20. The molecule has 3 atom stereocenters. The van der Waals surface area contributed by atoms with Crippen molar-refractivity contribution in [3.63, 3.8) is 0 Å². The van der Waals surface area contributed by atoms with Crippen LogP contribution in [0.15, 0.2) is 5.51 Å². The zero-order valence-electron chi connectivity index (χ0n) is 16.5. The summed E-state index contributed by atoms with van der Waals surface area (Å²) >= 11 is 1.72. The van der Waals surface area contributed by atoms with Gasteiger partial charge in [-0.2, -0.15) is 13.2 Å². The number of aryl methyl sites for hydroxylation is 1. The van der Waals surface area contributed by atoms with Gasteiger partial charge in [-0.05, 0) is 46.1 Å². The van der Waals surface area contributed by atoms with Crippen molar-refractivity contribution in [2.45, 2.75) is 64.6 Å². The lowest BCUT2D eigenvalue weighted by Gasteiger charge is -2.33. The number of nitrogens with one attached hydrogen (secondary N) is 1. The molecule has 3 heterocycles. The smallest absolute Gasteiger partial charge is 0.475 e. The first-order valence-corrected chi connectivity index (χ1v) is 10.2. The zero-order chi connectivity index (χ0) is 21.8. The number of aliphatic carboxylic acids is 1. The second kappa shape index (κ2) is 9.86. The molecule has 7 nitrogen and oxygen atoms in total. The monoisotopic (exact) mass is 437 g/mol. The Morgan fingerprint density at radius 1 is 1.45 bits per heavy atom. The maximum atomic E-state index is 12.1. The van der Waals surface area contributed by atoms with E-state index in [0.29, 0.717) is 5.92 Å². The summed E-state index contributed by atoms with van der Waals surface area (Å²) in [4.78, 5) is 29.1. The van der Waals surface area contributed by atoms with Gasteiger partial charge >= 0.3 is 12.1 Å². The van der Waals surface area contributed by atoms with Crippen LogP contribution in [0.1, 0.15) is 37.3 Å². The highest BCUT2D eigenvalue weighted by Gasteiger charge is 2.42. The van der Waals surface area contributed by atoms with E-state index in [1.54, 1.807) is 11.3 Å². The van der Waals surface area contributed by atoms with Gasteiger partial charge in [-0.3, -0.25) is 9.69 Å². The number of carbonyl (C=O) groups is 2. The molecule has 0 spiro atoms. The Kier molecular flexibility index (Phi) is 8.01. The van der Waals surface area contributed by atoms with Gasteiger partial charge in [0, 0.05) is 24.0 Å². The number of alkyl halides is 3. The number of nitrogens with zero attached hydrogens (tertiary/aromatic N) is 2. The molecule has 2 aliphatic rings. The summed E-state index contributed by atoms with van der Waals surface area (Å²) in [6.07, 6.45) is -3.16. The molecule has 0 saturated carbocycles. The Morgan fingerprint density at radius 2 is 2.10 bits per heavy atom. The van der Waals surface area contributed by atoms with Gasteiger partial charge in [0.05, 0.1) is 17.3 Å². The van der Waals surface area contributed by atoms with Crippen molar-refractivity contribution in [1.82, 2.24) is 15.2 Å². The van der Waals surface area contributed by atoms with E-state index < -0.39 is 12.1 Å². The average molecular weight is 437 g/mol. The number of amides is 1. The molecule has 0 unspecified atom stereocenters. The number of halogens is 3. The molecule has 0 radical (unpaired) electrons. The Labute approximate surface area is 171 Å². The van der Waals surface area contributed by atoms with Crippen molar-refractivity contribution in [1.29, 1.82) is 0 Å². The van der Waals surface area contributed by atoms with E-state index >= 15 is 0 Å². The number of hydrogen-bond acceptors (Lipinski definition) is 6. The van der Waals surface area contributed by atoms with E-state index in [2.05, 4.69) is 22.1 Å². The number of piperidine rings is 1. The Bertz CT molecular complexity index is 711. The van der Waals surface area contributed by atoms with Crippen LogP contribution in [0.25, 0.3) is 0 Å². The lowest BCUT2D eigenvalue weighted by Crippen LogP contribution is -2.42. The molecule has 1 aromatic rings. The van der Waals surface area contributed by atoms with Crippen molar-refractivity contribution in [3.05, 3.63) is 16.1 Å². The molecule has 0 bridgehead atoms. The van der Waals surface area contributed by atoms with E-state index in [1.807, 2.05) is 19.4 Å². The first-order chi connectivity index (χ1) is 13.5. The highest BCUT2D eigenvalue weighted by molar-refractivity contribution is 7.09. The molecule has 164 valence electrons. The number of thiazole rings is 1. The number of carbonyl (C=O) groups excluding carboxylic acids is 1. The maximum Gasteiger partial charge on any atom is 0.490 e. The Hall–Kier alpha value is -1.72. The fourth-order valence-corrected chi connectivity index (χ4v) is 4.18. The highest BCUT2D eigenvalue weighted by atomic mass is 32.1. The molecule has 2 fully saturated rings. The van der Waals surface area contributed by atoms with Crippen LogP contribution >= 0.6 is 11.3 Å². The molecule has 0 aliphatic carbocycles. The minimum Gasteiger partial charge on any atom is -0.475 e. The molecule has 11 heteroatoms. The minimum atomic E-state index is -5.08. The molecule has 2 aliphatic heterocycles. The van der Waals surface area contributed by atoms with Crippen LogP contribution < -0.4 is 5.32 Å². The van der Waals surface area contributed by atoms with Gasteiger partial charge in [0.2, 0.25) is 5.91 Å². The van der Waals surface area contributed by atoms with Gasteiger partial charge in [-0.25, -0.2) is 9.78 Å². The normalized spacial score (nSPS) is 24.6. The van der Waals surface area contributed by atoms with Gasteiger partial charge in [-0.15, -0.1) is 11.3 Å². The molecule has 0 aromatic carbocycles. The maximum absolute atomic E-state index is 12.1. The minimum absolute atomic E-state index is 0.0502. The Balaban J connectivity index is 0.000000370. The second-order valence-electron chi connectivity index (χ2n) is 7.51. The van der Waals surface area contributed by atoms with Gasteiger partial charge < -0.3 is 15.2 Å². The number of rotatable bonds is 4. The van der Waals surface area contributed by atoms with E-state index in [0.717, 1.165) is 38.2 Å². The van der Waals surface area contributed by atoms with Gasteiger partial charge in [-0.1, -0.05) is 0 Å². The van der Waals surface area contributed by atoms with Crippen molar-refractivity contribution in [2.24, 2.45) is 5.92 Å². The first-order valence-electron chi connectivity index (χ1n) is 9.34. The molecule has 3 rings (SSSR count). The summed E-state index contributed by atoms with van der Waals surface area (Å²) in [5.41, 5.74) is 3.05. The van der Waals surface area contributed by atoms with Crippen LogP contribution in [0.2, 0.25) is 0 Å². The molecular formula is C18H26F3N3O4S. The largest absolute Gasteiger partial charge is 0.490 e. The lowest BCUT2D eigenvalue weighted by atomic mass is 9.91. The van der Waals surface area contributed by atoms with E-state index in [1.165, 1.54) is 4.88 Å². The van der Waals surface area contributed by atoms with Crippen LogP contribution in [0.5, 0.6) is 0 Å². The fraction of sp³-hybridized carbons (Fsp3) is 0.722. The summed E-state index contributed by atoms with van der Waals surface area (Å²) in [7, 11) is 0. The lowest BCUT2D eigenvalue weighted by molar-refractivity contribution is -0.192. The number of carboxylic acids is 1. The van der Waals surface area contributed by atoms with E-state index in [9.17, 15) is 18.0 Å². The summed E-state index contributed by atoms with van der Waals surface area (Å²) in [5, 5.41) is 10.1. The number of likely N-dealkylation sites (tertiary alicyclic amines) is 1. The van der Waals surface area contributed by atoms with Crippen molar-refractivity contribution < 1.29 is 32.6 Å². The number of aromatic nitrogens is 1. The topological polar surface area (TPSA) is 91.8 Å². The predicted octanol–water partition coefficient (Wildman–Crippen LogP) is 2.59. The molecule has 1 amide bonds. The van der Waals surface area contributed by atoms with Crippen LogP contribution in [-0.2, 0) is 20.9 Å². The van der Waals surface area contributed by atoms with Crippen LogP contribution in [0.3, 0.4) is 0 Å². The predicted molar refractivity (Wildman–Crippen MR) is 100 cm³/mol. The third-order valence-electron chi connectivity index (χ3n) is 4.81. The molecule has 1 aromatic heterocycles. The fourth-order valence-electron chi connectivity index (χ4n) is 3.37. The van der Waals surface area contributed by atoms with Crippen molar-refractivity contribution in [3.8, 4) is 0 Å². The van der Waals surface area contributed by atoms with Crippen LogP contribution in [0, 0.1) is 12.8 Å². The standard InChI is InChI=1S/C16H25N3O2S.C2HF3O2/c1-10(2)18-16(20)13-6-12-4-5-19(7-14(12)21-13)8-15-11(3)17-9-22-15;3-2(4,5)1(6)7/h9-10,12-14H,4-8H2,1-3H3,(H,18,20);(H,6,7)/t12-,13-,14-;/m0./s1. The number of carboxylic acid groups (broad SMARTS) is 1.